The molecule has 0 aliphatic heterocycles. The Balaban J connectivity index is 1.60. The zero-order valence-electron chi connectivity index (χ0n) is 15.8. The second-order valence-electron chi connectivity index (χ2n) is 6.86. The number of amides is 1. The van der Waals surface area contributed by atoms with Gasteiger partial charge >= 0.3 is 0 Å². The third-order valence-electron chi connectivity index (χ3n) is 4.76. The molecule has 1 aliphatic rings. The highest BCUT2D eigenvalue weighted by atomic mass is 32.1. The minimum atomic E-state index is -0.510. The van der Waals surface area contributed by atoms with Crippen molar-refractivity contribution >= 4 is 34.6 Å². The predicted molar refractivity (Wildman–Crippen MR) is 115 cm³/mol. The molecule has 0 spiro atoms. The Labute approximate surface area is 174 Å². The summed E-state index contributed by atoms with van der Waals surface area (Å²) in [6, 6.07) is 14.2. The molecule has 2 aromatic rings. The molecule has 0 saturated heterocycles. The van der Waals surface area contributed by atoms with Gasteiger partial charge < -0.3 is 10.6 Å². The van der Waals surface area contributed by atoms with Crippen molar-refractivity contribution in [1.29, 1.82) is 0 Å². The Morgan fingerprint density at radius 1 is 1.10 bits per heavy atom. The van der Waals surface area contributed by atoms with E-state index in [9.17, 15) is 14.9 Å². The number of nitro groups is 1. The van der Waals surface area contributed by atoms with E-state index >= 15 is 0 Å². The van der Waals surface area contributed by atoms with Crippen LogP contribution in [0.2, 0.25) is 0 Å². The van der Waals surface area contributed by atoms with E-state index in [1.54, 1.807) is 0 Å². The molecule has 8 nitrogen and oxygen atoms in total. The van der Waals surface area contributed by atoms with E-state index in [0.29, 0.717) is 23.4 Å². The molecule has 152 valence electrons. The summed E-state index contributed by atoms with van der Waals surface area (Å²) in [5.74, 6) is -0.502. The third-order valence-corrected chi connectivity index (χ3v) is 4.98. The first-order chi connectivity index (χ1) is 14.0. The largest absolute Gasteiger partial charge is 0.375 e. The summed E-state index contributed by atoms with van der Waals surface area (Å²) >= 11 is 5.17. The molecule has 1 aliphatic carbocycles. The maximum absolute atomic E-state index is 12.3. The van der Waals surface area contributed by atoms with Gasteiger partial charge in [0.2, 0.25) is 0 Å². The molecule has 1 amide bonds. The van der Waals surface area contributed by atoms with Gasteiger partial charge in [0.1, 0.15) is 5.69 Å². The first-order valence-electron chi connectivity index (χ1n) is 9.46. The number of nitro benzene ring substituents is 1. The van der Waals surface area contributed by atoms with Gasteiger partial charge in [-0.2, -0.15) is 0 Å². The van der Waals surface area contributed by atoms with Gasteiger partial charge in [0.15, 0.2) is 5.11 Å². The molecule has 0 unspecified atom stereocenters. The van der Waals surface area contributed by atoms with Crippen molar-refractivity contribution in [3.8, 4) is 0 Å². The first-order valence-corrected chi connectivity index (χ1v) is 9.87. The number of rotatable bonds is 6. The van der Waals surface area contributed by atoms with Gasteiger partial charge in [0.05, 0.1) is 4.92 Å². The molecule has 3 rings (SSSR count). The van der Waals surface area contributed by atoms with Gasteiger partial charge in [0.25, 0.3) is 11.6 Å². The van der Waals surface area contributed by atoms with Crippen LogP contribution in [-0.2, 0) is 6.54 Å². The summed E-state index contributed by atoms with van der Waals surface area (Å²) in [4.78, 5) is 23.3. The van der Waals surface area contributed by atoms with E-state index in [2.05, 4.69) is 21.5 Å². The average Bonchev–Trinajstić information content (AvgIpc) is 3.24. The number of carbonyl (C=O) groups is 1. The molecule has 0 heterocycles. The van der Waals surface area contributed by atoms with Crippen molar-refractivity contribution < 1.29 is 9.72 Å². The van der Waals surface area contributed by atoms with E-state index in [4.69, 9.17) is 12.2 Å². The van der Waals surface area contributed by atoms with Crippen LogP contribution in [-0.4, -0.2) is 22.0 Å². The van der Waals surface area contributed by atoms with Crippen LogP contribution in [0.1, 0.15) is 41.6 Å². The summed E-state index contributed by atoms with van der Waals surface area (Å²) in [6.45, 7) is 0.440. The van der Waals surface area contributed by atoms with Gasteiger partial charge in [-0.15, -0.1) is 0 Å². The van der Waals surface area contributed by atoms with E-state index in [-0.39, 0.29) is 11.3 Å². The number of thiocarbonyl (C=S) groups is 1. The SMILES string of the molecule is O=C(NNC(=S)NC1CCCC1)c1ccc(NCc2ccccc2)c([N+](=O)[O-])c1. The fourth-order valence-electron chi connectivity index (χ4n) is 3.24. The summed E-state index contributed by atoms with van der Waals surface area (Å²) in [5, 5.41) is 18.0. The highest BCUT2D eigenvalue weighted by molar-refractivity contribution is 7.80. The van der Waals surface area contributed by atoms with E-state index in [0.717, 1.165) is 18.4 Å². The molecular formula is C20H23N5O3S. The molecular weight excluding hydrogens is 390 g/mol. The van der Waals surface area contributed by atoms with Gasteiger partial charge in [-0.25, -0.2) is 0 Å². The van der Waals surface area contributed by atoms with Crippen molar-refractivity contribution in [3.63, 3.8) is 0 Å². The molecule has 9 heteroatoms. The Morgan fingerprint density at radius 3 is 2.52 bits per heavy atom. The standard InChI is InChI=1S/C20H23N5O3S/c26-19(23-24-20(29)22-16-8-4-5-9-16)15-10-11-17(18(12-15)25(27)28)21-13-14-6-2-1-3-7-14/h1-3,6-7,10-12,16,21H,4-5,8-9,13H2,(H,23,26)(H2,22,24,29). The fourth-order valence-corrected chi connectivity index (χ4v) is 3.46. The zero-order valence-corrected chi connectivity index (χ0v) is 16.6. The van der Waals surface area contributed by atoms with Crippen LogP contribution in [0, 0.1) is 10.1 Å². The van der Waals surface area contributed by atoms with Crippen LogP contribution in [0.25, 0.3) is 0 Å². The molecule has 0 radical (unpaired) electrons. The minimum absolute atomic E-state index is 0.165. The van der Waals surface area contributed by atoms with Crippen LogP contribution in [0.4, 0.5) is 11.4 Å². The Kier molecular flexibility index (Phi) is 6.96. The van der Waals surface area contributed by atoms with Crippen LogP contribution in [0.3, 0.4) is 0 Å². The number of hydrogen-bond acceptors (Lipinski definition) is 5. The van der Waals surface area contributed by atoms with Gasteiger partial charge in [-0.1, -0.05) is 43.2 Å². The number of hydrogen-bond donors (Lipinski definition) is 4. The third kappa shape index (κ3) is 5.89. The lowest BCUT2D eigenvalue weighted by molar-refractivity contribution is -0.384. The minimum Gasteiger partial charge on any atom is -0.375 e. The molecule has 29 heavy (non-hydrogen) atoms. The lowest BCUT2D eigenvalue weighted by Crippen LogP contribution is -2.49. The van der Waals surface area contributed by atoms with Crippen molar-refractivity contribution in [2.75, 3.05) is 5.32 Å². The lowest BCUT2D eigenvalue weighted by atomic mass is 10.1. The van der Waals surface area contributed by atoms with Gasteiger partial charge in [-0.3, -0.25) is 25.8 Å². The van der Waals surface area contributed by atoms with Crippen LogP contribution < -0.4 is 21.5 Å². The topological polar surface area (TPSA) is 108 Å². The highest BCUT2D eigenvalue weighted by Crippen LogP contribution is 2.26. The summed E-state index contributed by atoms with van der Waals surface area (Å²) in [5.41, 5.74) is 6.48. The molecule has 0 bridgehead atoms. The van der Waals surface area contributed by atoms with Crippen LogP contribution in [0.5, 0.6) is 0 Å². The summed E-state index contributed by atoms with van der Waals surface area (Å²) < 4.78 is 0. The Morgan fingerprint density at radius 2 is 1.83 bits per heavy atom. The van der Waals surface area contributed by atoms with Gasteiger partial charge in [0, 0.05) is 24.2 Å². The summed E-state index contributed by atoms with van der Waals surface area (Å²) in [7, 11) is 0. The smallest absolute Gasteiger partial charge is 0.293 e. The predicted octanol–water partition coefficient (Wildman–Crippen LogP) is 3.26. The fraction of sp³-hybridized carbons (Fsp3) is 0.300. The molecule has 1 fully saturated rings. The number of hydrazine groups is 1. The number of carbonyl (C=O) groups excluding carboxylic acids is 1. The Hall–Kier alpha value is -3.20. The zero-order chi connectivity index (χ0) is 20.6. The number of nitrogens with zero attached hydrogens (tertiary/aromatic N) is 1. The maximum Gasteiger partial charge on any atom is 0.293 e. The van der Waals surface area contributed by atoms with Crippen LogP contribution >= 0.6 is 12.2 Å². The number of nitrogens with one attached hydrogen (secondary N) is 4. The van der Waals surface area contributed by atoms with E-state index in [1.807, 2.05) is 30.3 Å². The van der Waals surface area contributed by atoms with Crippen molar-refractivity contribution in [2.45, 2.75) is 38.3 Å². The van der Waals surface area contributed by atoms with E-state index in [1.165, 1.54) is 31.0 Å². The molecule has 2 aromatic carbocycles. The summed E-state index contributed by atoms with van der Waals surface area (Å²) in [6.07, 6.45) is 4.45. The molecule has 0 atom stereocenters. The second kappa shape index (κ2) is 9.83. The monoisotopic (exact) mass is 413 g/mol. The molecule has 1 saturated carbocycles. The second-order valence-corrected chi connectivity index (χ2v) is 7.27. The maximum atomic E-state index is 12.3. The van der Waals surface area contributed by atoms with Crippen molar-refractivity contribution in [2.24, 2.45) is 0 Å². The number of anilines is 1. The Bertz CT molecular complexity index is 885. The normalized spacial score (nSPS) is 13.5. The van der Waals surface area contributed by atoms with Crippen LogP contribution in [0.15, 0.2) is 48.5 Å². The number of benzene rings is 2. The quantitative estimate of drug-likeness (QED) is 0.327. The molecule has 4 N–H and O–H groups in total. The van der Waals surface area contributed by atoms with Crippen molar-refractivity contribution in [1.82, 2.24) is 16.2 Å². The first kappa shape index (κ1) is 20.5. The molecule has 0 aromatic heterocycles. The van der Waals surface area contributed by atoms with Crippen molar-refractivity contribution in [3.05, 3.63) is 69.8 Å². The van der Waals surface area contributed by atoms with E-state index < -0.39 is 10.8 Å². The highest BCUT2D eigenvalue weighted by Gasteiger charge is 2.19. The average molecular weight is 414 g/mol. The van der Waals surface area contributed by atoms with Gasteiger partial charge in [-0.05, 0) is 42.8 Å². The lowest BCUT2D eigenvalue weighted by Gasteiger charge is -2.16.